The largest absolute Gasteiger partial charge is 0.337 e. The zero-order chi connectivity index (χ0) is 22.8. The van der Waals surface area contributed by atoms with Crippen LogP contribution in [0.1, 0.15) is 21.5 Å². The van der Waals surface area contributed by atoms with Gasteiger partial charge in [0.05, 0.1) is 21.8 Å². The van der Waals surface area contributed by atoms with Gasteiger partial charge in [-0.15, -0.1) is 0 Å². The molecule has 0 bridgehead atoms. The number of carbonyl (C=O) groups is 2. The molecule has 32 heavy (non-hydrogen) atoms. The van der Waals surface area contributed by atoms with Crippen molar-refractivity contribution in [3.05, 3.63) is 105 Å². The summed E-state index contributed by atoms with van der Waals surface area (Å²) in [7, 11) is 0. The van der Waals surface area contributed by atoms with E-state index in [9.17, 15) is 18.8 Å². The molecular formula is C24H17ClFN3O3. The fourth-order valence-electron chi connectivity index (χ4n) is 3.38. The topological polar surface area (TPSA) is 81.1 Å². The van der Waals surface area contributed by atoms with E-state index in [1.165, 1.54) is 41.4 Å². The summed E-state index contributed by atoms with van der Waals surface area (Å²) in [5.41, 5.74) is 1.17. The predicted molar refractivity (Wildman–Crippen MR) is 121 cm³/mol. The lowest BCUT2D eigenvalue weighted by molar-refractivity contribution is -0.116. The molecule has 0 unspecified atom stereocenters. The van der Waals surface area contributed by atoms with Crippen LogP contribution in [0.25, 0.3) is 10.9 Å². The van der Waals surface area contributed by atoms with Crippen molar-refractivity contribution in [3.63, 3.8) is 0 Å². The second-order valence-corrected chi connectivity index (χ2v) is 7.66. The lowest BCUT2D eigenvalue weighted by Gasteiger charge is -2.14. The normalized spacial score (nSPS) is 10.8. The SMILES string of the molecule is Cc1ccc(NC(=O)Cn2cc(C(=O)c3ccncc3)c(=O)c3ccc(F)cc32)c(Cl)c1. The van der Waals surface area contributed by atoms with Gasteiger partial charge in [0, 0.05) is 29.5 Å². The minimum absolute atomic E-state index is 0.128. The van der Waals surface area contributed by atoms with Crippen LogP contribution in [0.15, 0.2) is 71.9 Å². The van der Waals surface area contributed by atoms with Crippen molar-refractivity contribution in [1.82, 2.24) is 9.55 Å². The summed E-state index contributed by atoms with van der Waals surface area (Å²) in [6, 6.07) is 11.8. The number of aromatic nitrogens is 2. The first kappa shape index (κ1) is 21.4. The number of rotatable bonds is 5. The maximum atomic E-state index is 13.9. The van der Waals surface area contributed by atoms with Crippen molar-refractivity contribution in [2.45, 2.75) is 13.5 Å². The molecule has 0 fully saturated rings. The average molecular weight is 450 g/mol. The minimum atomic E-state index is -0.569. The Morgan fingerprint density at radius 2 is 1.84 bits per heavy atom. The average Bonchev–Trinajstić information content (AvgIpc) is 2.77. The Kier molecular flexibility index (Phi) is 5.83. The fourth-order valence-corrected chi connectivity index (χ4v) is 3.66. The quantitative estimate of drug-likeness (QED) is 0.459. The third-order valence-corrected chi connectivity index (χ3v) is 5.26. The molecule has 1 amide bonds. The monoisotopic (exact) mass is 449 g/mol. The summed E-state index contributed by atoms with van der Waals surface area (Å²) in [4.78, 5) is 42.5. The number of hydrogen-bond donors (Lipinski definition) is 1. The maximum absolute atomic E-state index is 13.9. The van der Waals surface area contributed by atoms with Crippen LogP contribution in [-0.2, 0) is 11.3 Å². The molecule has 1 N–H and O–H groups in total. The number of halogens is 2. The third kappa shape index (κ3) is 4.29. The molecule has 0 atom stereocenters. The Balaban J connectivity index is 1.76. The van der Waals surface area contributed by atoms with Crippen LogP contribution in [0.3, 0.4) is 0 Å². The molecule has 4 rings (SSSR count). The Morgan fingerprint density at radius 1 is 1.09 bits per heavy atom. The van der Waals surface area contributed by atoms with Crippen LogP contribution >= 0.6 is 11.6 Å². The highest BCUT2D eigenvalue weighted by atomic mass is 35.5. The van der Waals surface area contributed by atoms with Gasteiger partial charge in [0.2, 0.25) is 11.3 Å². The van der Waals surface area contributed by atoms with E-state index in [0.29, 0.717) is 10.7 Å². The van der Waals surface area contributed by atoms with Crippen molar-refractivity contribution < 1.29 is 14.0 Å². The number of carbonyl (C=O) groups excluding carboxylic acids is 2. The standard InChI is InChI=1S/C24H17ClFN3O3/c1-14-2-5-20(19(25)10-14)28-22(30)13-29-12-18(23(31)15-6-8-27-9-7-15)24(32)17-4-3-16(26)11-21(17)29/h2-12H,13H2,1H3,(H,28,30). The Labute approximate surface area is 187 Å². The highest BCUT2D eigenvalue weighted by Gasteiger charge is 2.19. The number of amides is 1. The molecule has 160 valence electrons. The number of aryl methyl sites for hydroxylation is 1. The van der Waals surface area contributed by atoms with Crippen LogP contribution in [0.5, 0.6) is 0 Å². The number of benzene rings is 2. The Hall–Kier alpha value is -3.84. The number of nitrogens with zero attached hydrogens (tertiary/aromatic N) is 2. The van der Waals surface area contributed by atoms with Gasteiger partial charge in [0.15, 0.2) is 5.78 Å². The van der Waals surface area contributed by atoms with Gasteiger partial charge in [-0.3, -0.25) is 19.4 Å². The van der Waals surface area contributed by atoms with E-state index >= 15 is 0 Å². The lowest BCUT2D eigenvalue weighted by Crippen LogP contribution is -2.24. The molecule has 0 aliphatic heterocycles. The summed E-state index contributed by atoms with van der Waals surface area (Å²) < 4.78 is 15.3. The first-order valence-electron chi connectivity index (χ1n) is 9.67. The fraction of sp³-hybridized carbons (Fsp3) is 0.0833. The molecule has 4 aromatic rings. The van der Waals surface area contributed by atoms with Gasteiger partial charge in [0.25, 0.3) is 0 Å². The molecule has 2 aromatic carbocycles. The number of ketones is 1. The number of fused-ring (bicyclic) bond motifs is 1. The zero-order valence-corrected chi connectivity index (χ0v) is 17.7. The smallest absolute Gasteiger partial charge is 0.244 e. The van der Waals surface area contributed by atoms with Gasteiger partial charge >= 0.3 is 0 Å². The highest BCUT2D eigenvalue weighted by Crippen LogP contribution is 2.23. The first-order chi connectivity index (χ1) is 15.3. The van der Waals surface area contributed by atoms with Crippen LogP contribution < -0.4 is 10.7 Å². The van der Waals surface area contributed by atoms with E-state index in [2.05, 4.69) is 10.3 Å². The van der Waals surface area contributed by atoms with Gasteiger partial charge in [-0.25, -0.2) is 4.39 Å². The molecule has 8 heteroatoms. The summed E-state index contributed by atoms with van der Waals surface area (Å²) in [6.07, 6.45) is 4.17. The molecule has 0 aliphatic rings. The van der Waals surface area contributed by atoms with Crippen molar-refractivity contribution in [2.75, 3.05) is 5.32 Å². The van der Waals surface area contributed by atoms with Gasteiger partial charge in [0.1, 0.15) is 12.4 Å². The van der Waals surface area contributed by atoms with Crippen molar-refractivity contribution in [1.29, 1.82) is 0 Å². The number of pyridine rings is 2. The lowest BCUT2D eigenvalue weighted by atomic mass is 10.0. The van der Waals surface area contributed by atoms with E-state index in [4.69, 9.17) is 11.6 Å². The van der Waals surface area contributed by atoms with Crippen LogP contribution in [0.4, 0.5) is 10.1 Å². The highest BCUT2D eigenvalue weighted by molar-refractivity contribution is 6.33. The molecule has 0 radical (unpaired) electrons. The molecular weight excluding hydrogens is 433 g/mol. The number of anilines is 1. The van der Waals surface area contributed by atoms with Crippen LogP contribution in [0.2, 0.25) is 5.02 Å². The van der Waals surface area contributed by atoms with Crippen LogP contribution in [0, 0.1) is 12.7 Å². The van der Waals surface area contributed by atoms with E-state index in [1.807, 2.05) is 6.92 Å². The Morgan fingerprint density at radius 3 is 2.56 bits per heavy atom. The number of hydrogen-bond acceptors (Lipinski definition) is 4. The van der Waals surface area contributed by atoms with Gasteiger partial charge in [-0.2, -0.15) is 0 Å². The predicted octanol–water partition coefficient (Wildman–Crippen LogP) is 4.37. The molecule has 2 heterocycles. The van der Waals surface area contributed by atoms with Gasteiger partial charge in [-0.1, -0.05) is 17.7 Å². The van der Waals surface area contributed by atoms with Gasteiger partial charge in [-0.05, 0) is 55.0 Å². The Bertz CT molecular complexity index is 1420. The second-order valence-electron chi connectivity index (χ2n) is 7.26. The third-order valence-electron chi connectivity index (χ3n) is 4.94. The first-order valence-corrected chi connectivity index (χ1v) is 10.0. The van der Waals surface area contributed by atoms with Gasteiger partial charge < -0.3 is 9.88 Å². The zero-order valence-electron chi connectivity index (χ0n) is 16.9. The van der Waals surface area contributed by atoms with Crippen LogP contribution in [-0.4, -0.2) is 21.2 Å². The van der Waals surface area contributed by atoms with E-state index < -0.39 is 22.9 Å². The minimum Gasteiger partial charge on any atom is -0.337 e. The summed E-state index contributed by atoms with van der Waals surface area (Å²) in [6.45, 7) is 1.61. The number of nitrogens with one attached hydrogen (secondary N) is 1. The summed E-state index contributed by atoms with van der Waals surface area (Å²) >= 11 is 6.19. The second kappa shape index (κ2) is 8.72. The van der Waals surface area contributed by atoms with E-state index in [1.54, 1.807) is 18.2 Å². The molecule has 0 saturated heterocycles. The molecule has 0 spiro atoms. The molecule has 0 saturated carbocycles. The van der Waals surface area contributed by atoms with E-state index in [0.717, 1.165) is 17.7 Å². The summed E-state index contributed by atoms with van der Waals surface area (Å²) in [5, 5.41) is 3.21. The van der Waals surface area contributed by atoms with E-state index in [-0.39, 0.29) is 28.6 Å². The molecule has 6 nitrogen and oxygen atoms in total. The molecule has 2 aromatic heterocycles. The van der Waals surface area contributed by atoms with Crippen molar-refractivity contribution in [2.24, 2.45) is 0 Å². The molecule has 0 aliphatic carbocycles. The van der Waals surface area contributed by atoms with Crippen molar-refractivity contribution in [3.8, 4) is 0 Å². The van der Waals surface area contributed by atoms with Crippen molar-refractivity contribution >= 4 is 39.9 Å². The maximum Gasteiger partial charge on any atom is 0.244 e. The summed E-state index contributed by atoms with van der Waals surface area (Å²) in [5.74, 6) is -1.53.